The first-order valence-electron chi connectivity index (χ1n) is 6.29. The van der Waals surface area contributed by atoms with Crippen molar-refractivity contribution in [2.75, 3.05) is 0 Å². The Kier molecular flexibility index (Phi) is 3.86. The highest BCUT2D eigenvalue weighted by atomic mass is 35.5. The van der Waals surface area contributed by atoms with Crippen LogP contribution in [-0.4, -0.2) is 15.7 Å². The van der Waals surface area contributed by atoms with Crippen LogP contribution in [0.3, 0.4) is 0 Å². The molecule has 1 aromatic carbocycles. The molecule has 0 aliphatic heterocycles. The van der Waals surface area contributed by atoms with Gasteiger partial charge in [0.05, 0.1) is 5.69 Å². The van der Waals surface area contributed by atoms with Gasteiger partial charge in [-0.2, -0.15) is 5.10 Å². The fourth-order valence-electron chi connectivity index (χ4n) is 1.69. The third kappa shape index (κ3) is 3.20. The molecule has 0 fully saturated rings. The lowest BCUT2D eigenvalue weighted by Gasteiger charge is -2.13. The Morgan fingerprint density at radius 1 is 1.25 bits per heavy atom. The molecule has 1 heterocycles. The standard InChI is InChI=1S/C15H17ClN2O2/c1-15(2,3)13-9-12(18(4)17-13)14(19)20-11-7-5-10(16)6-8-11/h5-9H,1-4H3. The van der Waals surface area contributed by atoms with Gasteiger partial charge < -0.3 is 4.74 Å². The molecule has 0 spiro atoms. The van der Waals surface area contributed by atoms with Crippen LogP contribution >= 0.6 is 11.6 Å². The van der Waals surface area contributed by atoms with Crippen LogP contribution in [0.2, 0.25) is 5.02 Å². The molecule has 0 saturated carbocycles. The fourth-order valence-corrected chi connectivity index (χ4v) is 1.81. The van der Waals surface area contributed by atoms with Crippen LogP contribution in [-0.2, 0) is 12.5 Å². The molecule has 0 radical (unpaired) electrons. The van der Waals surface area contributed by atoms with Crippen molar-refractivity contribution in [3.8, 4) is 5.75 Å². The smallest absolute Gasteiger partial charge is 0.361 e. The number of carbonyl (C=O) groups is 1. The number of ether oxygens (including phenoxy) is 1. The number of carbonyl (C=O) groups excluding carboxylic acids is 1. The van der Waals surface area contributed by atoms with Crippen LogP contribution in [0, 0.1) is 0 Å². The Hall–Kier alpha value is -1.81. The molecule has 0 saturated heterocycles. The highest BCUT2D eigenvalue weighted by Gasteiger charge is 2.22. The molecule has 106 valence electrons. The minimum absolute atomic E-state index is 0.115. The van der Waals surface area contributed by atoms with E-state index in [1.165, 1.54) is 0 Å². The Bertz CT molecular complexity index is 624. The largest absolute Gasteiger partial charge is 0.422 e. The summed E-state index contributed by atoms with van der Waals surface area (Å²) in [5.74, 6) is 0.0238. The molecule has 5 heteroatoms. The monoisotopic (exact) mass is 292 g/mol. The number of rotatable bonds is 2. The van der Waals surface area contributed by atoms with E-state index in [1.54, 1.807) is 42.1 Å². The van der Waals surface area contributed by atoms with E-state index in [4.69, 9.17) is 16.3 Å². The van der Waals surface area contributed by atoms with Crippen molar-refractivity contribution >= 4 is 17.6 Å². The Balaban J connectivity index is 2.21. The first-order chi connectivity index (χ1) is 9.27. The predicted octanol–water partition coefficient (Wildman–Crippen LogP) is 3.59. The zero-order valence-corrected chi connectivity index (χ0v) is 12.7. The zero-order chi connectivity index (χ0) is 14.9. The molecule has 2 aromatic rings. The maximum Gasteiger partial charge on any atom is 0.361 e. The van der Waals surface area contributed by atoms with E-state index in [-0.39, 0.29) is 5.41 Å². The van der Waals surface area contributed by atoms with Crippen LogP contribution in [0.25, 0.3) is 0 Å². The molecule has 0 N–H and O–H groups in total. The summed E-state index contributed by atoms with van der Waals surface area (Å²) < 4.78 is 6.84. The van der Waals surface area contributed by atoms with Gasteiger partial charge in [-0.1, -0.05) is 32.4 Å². The molecule has 4 nitrogen and oxygen atoms in total. The molecule has 2 rings (SSSR count). The highest BCUT2D eigenvalue weighted by molar-refractivity contribution is 6.30. The molecule has 0 amide bonds. The van der Waals surface area contributed by atoms with Crippen molar-refractivity contribution in [2.24, 2.45) is 7.05 Å². The third-order valence-electron chi connectivity index (χ3n) is 2.88. The summed E-state index contributed by atoms with van der Waals surface area (Å²) in [6, 6.07) is 8.42. The van der Waals surface area contributed by atoms with Gasteiger partial charge in [0, 0.05) is 17.5 Å². The normalized spacial score (nSPS) is 11.4. The molecule has 0 aliphatic rings. The quantitative estimate of drug-likeness (QED) is 0.627. The number of esters is 1. The van der Waals surface area contributed by atoms with Gasteiger partial charge >= 0.3 is 5.97 Å². The Morgan fingerprint density at radius 2 is 1.85 bits per heavy atom. The molecule has 1 aromatic heterocycles. The second kappa shape index (κ2) is 5.29. The van der Waals surface area contributed by atoms with Crippen molar-refractivity contribution in [1.29, 1.82) is 0 Å². The minimum Gasteiger partial charge on any atom is -0.422 e. The van der Waals surface area contributed by atoms with Crippen LogP contribution in [0.4, 0.5) is 0 Å². The summed E-state index contributed by atoms with van der Waals surface area (Å²) in [5, 5.41) is 4.95. The lowest BCUT2D eigenvalue weighted by molar-refractivity contribution is 0.0723. The number of nitrogens with zero attached hydrogens (tertiary/aromatic N) is 2. The first kappa shape index (κ1) is 14.6. The number of hydrogen-bond donors (Lipinski definition) is 0. The maximum atomic E-state index is 12.1. The van der Waals surface area contributed by atoms with Gasteiger partial charge in [0.15, 0.2) is 0 Å². The number of aryl methyl sites for hydroxylation is 1. The average Bonchev–Trinajstić information content (AvgIpc) is 2.74. The Morgan fingerprint density at radius 3 is 2.35 bits per heavy atom. The lowest BCUT2D eigenvalue weighted by atomic mass is 9.92. The van der Waals surface area contributed by atoms with Crippen LogP contribution in [0.15, 0.2) is 30.3 Å². The van der Waals surface area contributed by atoms with E-state index >= 15 is 0 Å². The fraction of sp³-hybridized carbons (Fsp3) is 0.333. The average molecular weight is 293 g/mol. The number of benzene rings is 1. The lowest BCUT2D eigenvalue weighted by Crippen LogP contribution is -2.13. The summed E-state index contributed by atoms with van der Waals surface area (Å²) in [4.78, 5) is 12.1. The summed E-state index contributed by atoms with van der Waals surface area (Å²) in [6.45, 7) is 6.14. The van der Waals surface area contributed by atoms with Crippen LogP contribution < -0.4 is 4.74 Å². The molecule has 20 heavy (non-hydrogen) atoms. The molecule has 0 atom stereocenters. The molecular weight excluding hydrogens is 276 g/mol. The van der Waals surface area contributed by atoms with Gasteiger partial charge in [0.2, 0.25) is 0 Å². The number of aromatic nitrogens is 2. The number of hydrogen-bond acceptors (Lipinski definition) is 3. The SMILES string of the molecule is Cn1nc(C(C)(C)C)cc1C(=O)Oc1ccc(Cl)cc1. The summed E-state index contributed by atoms with van der Waals surface area (Å²) in [7, 11) is 1.73. The van der Waals surface area contributed by atoms with Gasteiger partial charge in [0.25, 0.3) is 0 Å². The molecule has 0 bridgehead atoms. The van der Waals surface area contributed by atoms with E-state index in [0.29, 0.717) is 16.5 Å². The van der Waals surface area contributed by atoms with E-state index in [1.807, 2.05) is 20.8 Å². The van der Waals surface area contributed by atoms with Crippen molar-refractivity contribution in [3.63, 3.8) is 0 Å². The minimum atomic E-state index is -0.433. The van der Waals surface area contributed by atoms with Gasteiger partial charge in [0.1, 0.15) is 11.4 Å². The molecule has 0 unspecified atom stereocenters. The predicted molar refractivity (Wildman–Crippen MR) is 78.3 cm³/mol. The van der Waals surface area contributed by atoms with E-state index in [9.17, 15) is 4.79 Å². The van der Waals surface area contributed by atoms with Crippen molar-refractivity contribution in [1.82, 2.24) is 9.78 Å². The van der Waals surface area contributed by atoms with E-state index < -0.39 is 5.97 Å². The van der Waals surface area contributed by atoms with Gasteiger partial charge in [-0.15, -0.1) is 0 Å². The number of halogens is 1. The van der Waals surface area contributed by atoms with Crippen LogP contribution in [0.5, 0.6) is 5.75 Å². The maximum absolute atomic E-state index is 12.1. The summed E-state index contributed by atoms with van der Waals surface area (Å²) in [5.41, 5.74) is 1.16. The Labute approximate surface area is 123 Å². The highest BCUT2D eigenvalue weighted by Crippen LogP contribution is 2.22. The zero-order valence-electron chi connectivity index (χ0n) is 12.0. The second-order valence-electron chi connectivity index (χ2n) is 5.63. The first-order valence-corrected chi connectivity index (χ1v) is 6.67. The summed E-state index contributed by atoms with van der Waals surface area (Å²) >= 11 is 5.79. The van der Waals surface area contributed by atoms with E-state index in [0.717, 1.165) is 5.69 Å². The topological polar surface area (TPSA) is 44.1 Å². The van der Waals surface area contributed by atoms with Crippen molar-refractivity contribution in [3.05, 3.63) is 46.7 Å². The van der Waals surface area contributed by atoms with Crippen molar-refractivity contribution < 1.29 is 9.53 Å². The second-order valence-corrected chi connectivity index (χ2v) is 6.07. The van der Waals surface area contributed by atoms with E-state index in [2.05, 4.69) is 5.10 Å². The van der Waals surface area contributed by atoms with Gasteiger partial charge in [-0.3, -0.25) is 4.68 Å². The molecular formula is C15H17ClN2O2. The summed E-state index contributed by atoms with van der Waals surface area (Å²) in [6.07, 6.45) is 0. The van der Waals surface area contributed by atoms with Gasteiger partial charge in [-0.05, 0) is 30.3 Å². The van der Waals surface area contributed by atoms with Crippen LogP contribution in [0.1, 0.15) is 37.0 Å². The third-order valence-corrected chi connectivity index (χ3v) is 3.13. The van der Waals surface area contributed by atoms with Gasteiger partial charge in [-0.25, -0.2) is 4.79 Å². The molecule has 0 aliphatic carbocycles. The van der Waals surface area contributed by atoms with Crippen molar-refractivity contribution in [2.45, 2.75) is 26.2 Å².